The minimum absolute atomic E-state index is 0.0384. The van der Waals surface area contributed by atoms with Crippen molar-refractivity contribution in [1.82, 2.24) is 24.1 Å². The summed E-state index contributed by atoms with van der Waals surface area (Å²) in [5.41, 5.74) is 1.45. The molecule has 2 aliphatic rings. The first-order chi connectivity index (χ1) is 15.9. The van der Waals surface area contributed by atoms with Gasteiger partial charge in [0.2, 0.25) is 5.91 Å². The third-order valence-corrected chi connectivity index (χ3v) is 6.60. The van der Waals surface area contributed by atoms with E-state index in [9.17, 15) is 14.4 Å². The van der Waals surface area contributed by atoms with E-state index in [2.05, 4.69) is 5.32 Å². The molecule has 0 aliphatic carbocycles. The number of nitrogens with zero attached hydrogens (tertiary/aromatic N) is 5. The van der Waals surface area contributed by atoms with E-state index in [1.54, 1.807) is 16.4 Å². The normalized spacial score (nSPS) is 18.3. The van der Waals surface area contributed by atoms with Crippen LogP contribution in [-0.4, -0.2) is 94.5 Å². The lowest BCUT2D eigenvalue weighted by Crippen LogP contribution is -2.57. The maximum atomic E-state index is 13.1. The third kappa shape index (κ3) is 4.67. The van der Waals surface area contributed by atoms with Gasteiger partial charge in [0.15, 0.2) is 0 Å². The third-order valence-electron chi connectivity index (χ3n) is 6.60. The lowest BCUT2D eigenvalue weighted by Gasteiger charge is -2.40. The number of piperazine rings is 1. The summed E-state index contributed by atoms with van der Waals surface area (Å²) in [6, 6.07) is 8.95. The van der Waals surface area contributed by atoms with Gasteiger partial charge in [-0.2, -0.15) is 0 Å². The zero-order valence-electron chi connectivity index (χ0n) is 19.5. The molecule has 1 aromatic carbocycles. The fourth-order valence-electron chi connectivity index (χ4n) is 4.36. The molecule has 10 heteroatoms. The van der Waals surface area contributed by atoms with Crippen LogP contribution in [0.25, 0.3) is 5.69 Å². The number of ether oxygens (including phenoxy) is 1. The van der Waals surface area contributed by atoms with Crippen LogP contribution >= 0.6 is 0 Å². The van der Waals surface area contributed by atoms with Crippen molar-refractivity contribution >= 4 is 17.6 Å². The maximum Gasteiger partial charge on any atom is 0.320 e. The number of carbonyl (C=O) groups excluding carboxylic acids is 2. The monoisotopic (exact) mass is 456 g/mol. The van der Waals surface area contributed by atoms with Crippen LogP contribution < -0.4 is 10.9 Å². The minimum atomic E-state index is -0.421. The van der Waals surface area contributed by atoms with Crippen molar-refractivity contribution in [2.45, 2.75) is 19.9 Å². The number of hydrogen-bond acceptors (Lipinski definition) is 5. The van der Waals surface area contributed by atoms with Gasteiger partial charge in [-0.3, -0.25) is 19.2 Å². The van der Waals surface area contributed by atoms with Crippen LogP contribution in [0.15, 0.2) is 35.1 Å². The fraction of sp³-hybridized carbons (Fsp3) is 0.522. The molecule has 0 bridgehead atoms. The van der Waals surface area contributed by atoms with E-state index < -0.39 is 6.04 Å². The van der Waals surface area contributed by atoms with Crippen molar-refractivity contribution in [3.63, 3.8) is 0 Å². The number of hydrogen-bond donors (Lipinski definition) is 1. The maximum absolute atomic E-state index is 13.1. The topological polar surface area (TPSA) is 92.1 Å². The van der Waals surface area contributed by atoms with Crippen molar-refractivity contribution in [2.24, 2.45) is 7.05 Å². The van der Waals surface area contributed by atoms with Crippen molar-refractivity contribution in [3.05, 3.63) is 46.4 Å². The lowest BCUT2D eigenvalue weighted by atomic mass is 10.2. The lowest BCUT2D eigenvalue weighted by molar-refractivity contribution is -0.121. The van der Waals surface area contributed by atoms with Crippen LogP contribution in [0.1, 0.15) is 12.6 Å². The Balaban J connectivity index is 1.39. The van der Waals surface area contributed by atoms with E-state index >= 15 is 0 Å². The smallest absolute Gasteiger partial charge is 0.320 e. The number of para-hydroxylation sites is 1. The summed E-state index contributed by atoms with van der Waals surface area (Å²) < 4.78 is 8.61. The van der Waals surface area contributed by atoms with Gasteiger partial charge in [-0.1, -0.05) is 18.2 Å². The average Bonchev–Trinajstić information content (AvgIpc) is 3.07. The molecule has 0 radical (unpaired) electrons. The van der Waals surface area contributed by atoms with Crippen LogP contribution in [0.3, 0.4) is 0 Å². The van der Waals surface area contributed by atoms with Gasteiger partial charge in [0.1, 0.15) is 5.69 Å². The van der Waals surface area contributed by atoms with Crippen LogP contribution in [0, 0.1) is 6.92 Å². The second-order valence-electron chi connectivity index (χ2n) is 8.51. The number of urea groups is 1. The van der Waals surface area contributed by atoms with Gasteiger partial charge in [0.05, 0.1) is 30.6 Å². The molecular weight excluding hydrogens is 424 g/mol. The van der Waals surface area contributed by atoms with Crippen LogP contribution in [0.4, 0.5) is 10.5 Å². The summed E-state index contributed by atoms with van der Waals surface area (Å²) >= 11 is 0. The SMILES string of the molecule is Cc1c(NC(=O)[C@H](C)N2CCN(C(=O)N3CCOCC3)CC2)c(=O)n(-c2ccccc2)n1C. The highest BCUT2D eigenvalue weighted by Gasteiger charge is 2.31. The van der Waals surface area contributed by atoms with Gasteiger partial charge in [-0.25, -0.2) is 9.48 Å². The first-order valence-corrected chi connectivity index (χ1v) is 11.4. The highest BCUT2D eigenvalue weighted by Crippen LogP contribution is 2.16. The average molecular weight is 457 g/mol. The number of benzene rings is 1. The largest absolute Gasteiger partial charge is 0.378 e. The molecule has 33 heavy (non-hydrogen) atoms. The van der Waals surface area contributed by atoms with E-state index in [-0.39, 0.29) is 17.5 Å². The molecule has 178 valence electrons. The van der Waals surface area contributed by atoms with E-state index in [0.29, 0.717) is 63.9 Å². The molecule has 2 aliphatic heterocycles. The molecule has 1 N–H and O–H groups in total. The molecule has 1 atom stereocenters. The number of aromatic nitrogens is 2. The molecular formula is C23H32N6O4. The highest BCUT2D eigenvalue weighted by molar-refractivity contribution is 5.95. The summed E-state index contributed by atoms with van der Waals surface area (Å²) in [5.74, 6) is -0.228. The Labute approximate surface area is 193 Å². The summed E-state index contributed by atoms with van der Waals surface area (Å²) in [6.45, 7) is 8.39. The van der Waals surface area contributed by atoms with Crippen LogP contribution in [0.5, 0.6) is 0 Å². The van der Waals surface area contributed by atoms with Crippen molar-refractivity contribution in [3.8, 4) is 5.69 Å². The van der Waals surface area contributed by atoms with E-state index in [1.807, 2.05) is 58.9 Å². The Morgan fingerprint density at radius 1 is 0.970 bits per heavy atom. The molecule has 2 saturated heterocycles. The quantitative estimate of drug-likeness (QED) is 0.738. The summed E-state index contributed by atoms with van der Waals surface area (Å²) in [4.78, 5) is 44.5. The summed E-state index contributed by atoms with van der Waals surface area (Å²) in [5, 5.41) is 2.85. The molecule has 4 rings (SSSR count). The molecule has 1 aromatic heterocycles. The Morgan fingerprint density at radius 2 is 1.58 bits per heavy atom. The molecule has 2 aromatic rings. The summed E-state index contributed by atoms with van der Waals surface area (Å²) in [7, 11) is 1.80. The van der Waals surface area contributed by atoms with Gasteiger partial charge >= 0.3 is 6.03 Å². The van der Waals surface area contributed by atoms with Gasteiger partial charge in [0, 0.05) is 46.3 Å². The van der Waals surface area contributed by atoms with Crippen LogP contribution in [-0.2, 0) is 16.6 Å². The second-order valence-corrected chi connectivity index (χ2v) is 8.51. The predicted octanol–water partition coefficient (Wildman–Crippen LogP) is 0.881. The summed E-state index contributed by atoms with van der Waals surface area (Å²) in [6.07, 6.45) is 0. The van der Waals surface area contributed by atoms with Crippen LogP contribution in [0.2, 0.25) is 0 Å². The zero-order chi connectivity index (χ0) is 23.5. The number of rotatable bonds is 4. The number of carbonyl (C=O) groups is 2. The van der Waals surface area contributed by atoms with Gasteiger partial charge in [-0.15, -0.1) is 0 Å². The molecule has 10 nitrogen and oxygen atoms in total. The van der Waals surface area contributed by atoms with Gasteiger partial charge in [-0.05, 0) is 26.0 Å². The zero-order valence-corrected chi connectivity index (χ0v) is 19.5. The highest BCUT2D eigenvalue weighted by atomic mass is 16.5. The van der Waals surface area contributed by atoms with Gasteiger partial charge < -0.3 is 19.9 Å². The Bertz CT molecular complexity index is 1050. The predicted molar refractivity (Wildman–Crippen MR) is 125 cm³/mol. The molecule has 2 fully saturated rings. The number of amides is 3. The Morgan fingerprint density at radius 3 is 2.21 bits per heavy atom. The number of nitrogens with one attached hydrogen (secondary N) is 1. The minimum Gasteiger partial charge on any atom is -0.378 e. The molecule has 0 spiro atoms. The van der Waals surface area contributed by atoms with Crippen molar-refractivity contribution in [1.29, 1.82) is 0 Å². The molecule has 0 saturated carbocycles. The second kappa shape index (κ2) is 9.80. The molecule has 0 unspecified atom stereocenters. The van der Waals surface area contributed by atoms with Crippen molar-refractivity contribution in [2.75, 3.05) is 57.8 Å². The Hall–Kier alpha value is -3.11. The van der Waals surface area contributed by atoms with Crippen molar-refractivity contribution < 1.29 is 14.3 Å². The first kappa shape index (κ1) is 23.1. The Kier molecular flexibility index (Phi) is 6.85. The number of morpholine rings is 1. The fourth-order valence-corrected chi connectivity index (χ4v) is 4.36. The van der Waals surface area contributed by atoms with E-state index in [4.69, 9.17) is 4.74 Å². The van der Waals surface area contributed by atoms with E-state index in [1.165, 1.54) is 0 Å². The first-order valence-electron chi connectivity index (χ1n) is 11.4. The van der Waals surface area contributed by atoms with E-state index in [0.717, 1.165) is 5.69 Å². The van der Waals surface area contributed by atoms with Gasteiger partial charge in [0.25, 0.3) is 5.56 Å². The molecule has 3 amide bonds. The molecule has 3 heterocycles. The standard InChI is InChI=1S/C23H32N6O4/c1-17-20(22(31)29(25(17)3)19-7-5-4-6-8-19)24-21(30)18(2)26-9-11-27(12-10-26)23(32)28-13-15-33-16-14-28/h4-8,18H,9-16H2,1-3H3,(H,24,30)/t18-/m0/s1. The number of anilines is 1.